The number of ketones is 2. The first-order valence-electron chi connectivity index (χ1n) is 31.0. The van der Waals surface area contributed by atoms with Crippen LogP contribution in [-0.2, 0) is 19.2 Å². The van der Waals surface area contributed by atoms with Crippen LogP contribution >= 0.6 is 23.2 Å². The number of carboxylic acid groups (broad SMARTS) is 1. The van der Waals surface area contributed by atoms with E-state index in [1.807, 2.05) is 0 Å². The van der Waals surface area contributed by atoms with Crippen LogP contribution in [0.15, 0.2) is 33.9 Å². The summed E-state index contributed by atoms with van der Waals surface area (Å²) in [6.07, 6.45) is 4.48. The Bertz CT molecular complexity index is 3110. The highest BCUT2D eigenvalue weighted by Crippen LogP contribution is 2.41. The number of aliphatic carboxylic acids is 1. The zero-order chi connectivity index (χ0) is 65.5. The zero-order valence-electron chi connectivity index (χ0n) is 50.8. The number of halogens is 10. The first-order chi connectivity index (χ1) is 42.0. The fraction of sp³-hybridized carbons (Fsp3) is 0.677. The Labute approximate surface area is 521 Å². The van der Waals surface area contributed by atoms with Crippen LogP contribution in [0.3, 0.4) is 0 Å². The van der Waals surface area contributed by atoms with Gasteiger partial charge in [0, 0.05) is 69.2 Å². The van der Waals surface area contributed by atoms with Crippen molar-refractivity contribution in [1.29, 1.82) is 0 Å². The van der Waals surface area contributed by atoms with E-state index in [0.717, 1.165) is 102 Å². The van der Waals surface area contributed by atoms with E-state index >= 15 is 0 Å². The van der Waals surface area contributed by atoms with Gasteiger partial charge in [0.05, 0.1) is 63.4 Å². The van der Waals surface area contributed by atoms with Crippen molar-refractivity contribution >= 4 is 79.9 Å². The van der Waals surface area contributed by atoms with Crippen LogP contribution in [0, 0.1) is 59.0 Å². The summed E-state index contributed by atoms with van der Waals surface area (Å²) in [6, 6.07) is 5.30. The van der Waals surface area contributed by atoms with Crippen molar-refractivity contribution in [1.82, 2.24) is 40.0 Å². The smallest absolute Gasteiger partial charge is 0.391 e. The first-order valence-corrected chi connectivity index (χ1v) is 31.9. The fourth-order valence-corrected chi connectivity index (χ4v) is 13.4. The van der Waals surface area contributed by atoms with Crippen molar-refractivity contribution < 1.29 is 69.0 Å². The normalized spacial score (nSPS) is 24.7. The molecule has 2 amide bonds. The summed E-state index contributed by atoms with van der Waals surface area (Å²) >= 11 is 10.7. The Kier molecular flexibility index (Phi) is 26.9. The van der Waals surface area contributed by atoms with Gasteiger partial charge in [-0.05, 0) is 151 Å². The van der Waals surface area contributed by atoms with Crippen LogP contribution in [0.25, 0.3) is 22.1 Å². The van der Waals surface area contributed by atoms with E-state index in [2.05, 4.69) is 44.7 Å². The molecule has 10 rings (SSSR count). The second-order valence-corrected chi connectivity index (χ2v) is 25.4. The molecular formula is C62H84Cl2F8N8O9. The van der Waals surface area contributed by atoms with Gasteiger partial charge in [-0.15, -0.1) is 11.6 Å². The predicted molar refractivity (Wildman–Crippen MR) is 322 cm³/mol. The summed E-state index contributed by atoms with van der Waals surface area (Å²) in [7, 11) is 2.88. The van der Waals surface area contributed by atoms with Gasteiger partial charge in [0.2, 0.25) is 5.24 Å². The minimum absolute atomic E-state index is 0.0344. The van der Waals surface area contributed by atoms with Crippen LogP contribution in [0.1, 0.15) is 175 Å². The monoisotopic (exact) mass is 1310 g/mol. The van der Waals surface area contributed by atoms with E-state index in [1.165, 1.54) is 51.2 Å². The number of benzene rings is 2. The lowest BCUT2D eigenvalue weighted by Crippen LogP contribution is -2.41. The summed E-state index contributed by atoms with van der Waals surface area (Å²) in [5, 5.41) is 16.1. The van der Waals surface area contributed by atoms with E-state index in [9.17, 15) is 73.5 Å². The van der Waals surface area contributed by atoms with E-state index in [4.69, 9.17) is 28.3 Å². The van der Waals surface area contributed by atoms with Gasteiger partial charge in [-0.2, -0.15) is 26.3 Å². The molecule has 4 heterocycles. The number of alkyl halides is 7. The van der Waals surface area contributed by atoms with Crippen molar-refractivity contribution in [2.24, 2.45) is 47.3 Å². The number of carbonyl (C=O) groups excluding carboxylic acids is 5. The molecule has 17 nitrogen and oxygen atoms in total. The van der Waals surface area contributed by atoms with Gasteiger partial charge in [0.15, 0.2) is 5.78 Å². The van der Waals surface area contributed by atoms with Crippen LogP contribution in [-0.4, -0.2) is 129 Å². The average Bonchev–Trinajstić information content (AvgIpc) is 2.73. The summed E-state index contributed by atoms with van der Waals surface area (Å²) in [5.41, 5.74) is 1.21. The highest BCUT2D eigenvalue weighted by molar-refractivity contribution is 6.64. The number of imidazole rings is 2. The Morgan fingerprint density at radius 3 is 1.28 bits per heavy atom. The van der Waals surface area contributed by atoms with Gasteiger partial charge in [-0.25, -0.2) is 18.4 Å². The third-order valence-electron chi connectivity index (χ3n) is 18.7. The molecule has 4 aromatic rings. The summed E-state index contributed by atoms with van der Waals surface area (Å²) in [5.74, 6) is -3.91. The van der Waals surface area contributed by atoms with Crippen molar-refractivity contribution in [2.75, 3.05) is 52.7 Å². The lowest BCUT2D eigenvalue weighted by Gasteiger charge is -2.33. The number of likely N-dealkylation sites (tertiary alicyclic amines) is 1. The molecule has 4 aliphatic carbocycles. The SMILES string of the molecule is CC1CCC(C(=O)CCl)CC1.CNC(=O)c1cc2[nH]c(=O)n(C3CCN(CC(=O)C4CCC(C)CC4)CC3)c2cc1F.CNC(=O)c1cc2[nH]c(=O)n(C3CCNCC3)c2cc1F.O=C(Cl)C1CCC(C(F)(F)F)CC1.O=C(O)C1CCC(C(F)(F)F)CC1. The number of hydrogen-bond donors (Lipinski definition) is 6. The number of fused-ring (bicyclic) bond motifs is 2. The molecule has 0 radical (unpaired) electrons. The van der Waals surface area contributed by atoms with Crippen molar-refractivity contribution in [3.63, 3.8) is 0 Å². The molecule has 0 atom stereocenters. The molecule has 2 aromatic carbocycles. The number of hydrogen-bond acceptors (Lipinski definition) is 10. The highest BCUT2D eigenvalue weighted by Gasteiger charge is 2.43. The number of nitrogens with one attached hydrogen (secondary N) is 5. The number of aromatic amines is 2. The molecular weight excluding hydrogens is 1220 g/mol. The first kappa shape index (κ1) is 72.4. The lowest BCUT2D eigenvalue weighted by molar-refractivity contribution is -0.186. The van der Waals surface area contributed by atoms with E-state index < -0.39 is 64.8 Å². The number of H-pyrrole nitrogens is 2. The summed E-state index contributed by atoms with van der Waals surface area (Å²) in [6.45, 7) is 8.13. The Balaban J connectivity index is 0.000000189. The predicted octanol–water partition coefficient (Wildman–Crippen LogP) is 11.8. The van der Waals surface area contributed by atoms with Crippen LogP contribution in [0.4, 0.5) is 35.1 Å². The number of rotatable bonds is 11. The fourth-order valence-electron chi connectivity index (χ4n) is 13.0. The van der Waals surface area contributed by atoms with E-state index in [-0.39, 0.29) is 115 Å². The topological polar surface area (TPSA) is 238 Å². The van der Waals surface area contributed by atoms with Crippen LogP contribution in [0.2, 0.25) is 0 Å². The molecule has 2 saturated heterocycles. The zero-order valence-corrected chi connectivity index (χ0v) is 52.3. The van der Waals surface area contributed by atoms with Gasteiger partial charge < -0.3 is 31.0 Å². The maximum absolute atomic E-state index is 14.5. The Morgan fingerprint density at radius 2 is 0.921 bits per heavy atom. The summed E-state index contributed by atoms with van der Waals surface area (Å²) in [4.78, 5) is 101. The molecule has 6 fully saturated rings. The second kappa shape index (κ2) is 33.1. The number of amides is 2. The third kappa shape index (κ3) is 20.2. The van der Waals surface area contributed by atoms with E-state index in [1.54, 1.807) is 9.13 Å². The maximum Gasteiger partial charge on any atom is 0.391 e. The average molecular weight is 1310 g/mol. The number of nitrogens with zero attached hydrogens (tertiary/aromatic N) is 3. The number of carboxylic acids is 1. The minimum Gasteiger partial charge on any atom is -0.481 e. The number of carbonyl (C=O) groups is 6. The molecule has 6 aliphatic rings. The summed E-state index contributed by atoms with van der Waals surface area (Å²) < 4.78 is 105. The Morgan fingerprint density at radius 1 is 0.551 bits per heavy atom. The Hall–Kier alpha value is -5.66. The molecule has 27 heteroatoms. The van der Waals surface area contributed by atoms with Crippen molar-refractivity contribution in [3.8, 4) is 0 Å². The third-order valence-corrected chi connectivity index (χ3v) is 19.2. The molecule has 4 saturated carbocycles. The van der Waals surface area contributed by atoms with Crippen molar-refractivity contribution in [3.05, 3.63) is 68.0 Å². The van der Waals surface area contributed by atoms with Gasteiger partial charge in [0.25, 0.3) is 11.8 Å². The molecule has 0 spiro atoms. The molecule has 2 aliphatic heterocycles. The number of Topliss-reactive ketones (excluding diaryl/α,β-unsaturated/α-hetero) is 2. The second-order valence-electron chi connectivity index (χ2n) is 24.7. The van der Waals surface area contributed by atoms with Crippen molar-refractivity contribution in [2.45, 2.75) is 167 Å². The van der Waals surface area contributed by atoms with Crippen LogP contribution < -0.4 is 27.3 Å². The quantitative estimate of drug-likeness (QED) is 0.0469. The molecule has 2 aromatic heterocycles. The molecule has 0 unspecified atom stereocenters. The molecule has 0 bridgehead atoms. The molecule has 496 valence electrons. The van der Waals surface area contributed by atoms with Gasteiger partial charge >= 0.3 is 29.7 Å². The van der Waals surface area contributed by atoms with Gasteiger partial charge in [-0.3, -0.25) is 42.8 Å². The van der Waals surface area contributed by atoms with E-state index in [0.29, 0.717) is 34.4 Å². The van der Waals surface area contributed by atoms with Gasteiger partial charge in [0.1, 0.15) is 17.4 Å². The van der Waals surface area contributed by atoms with Gasteiger partial charge in [-0.1, -0.05) is 39.5 Å². The highest BCUT2D eigenvalue weighted by atomic mass is 35.5. The van der Waals surface area contributed by atoms with Crippen LogP contribution in [0.5, 0.6) is 0 Å². The largest absolute Gasteiger partial charge is 0.481 e. The lowest BCUT2D eigenvalue weighted by atomic mass is 9.81. The standard InChI is InChI=1S/C23H31FN4O3.C14H17FN4O2.C9H15ClO.C8H10ClF3O.C8H11F3O2/c1-14-3-5-15(6-4-14)21(29)13-27-9-7-16(8-10-27)28-20-12-18(24)17(22(30)25-2)11-19(20)26-23(28)31;1-16-13(20)9-6-11-12(7-10(9)15)19(14(21)18-11)8-2-4-17-5-3-8;1-7-2-4-8(5-3-7)9(11)6-10;9-7(13)5-1-3-6(4-2-5)8(10,11)12;9-8(10,11)6-3-1-5(2-4-6)7(12)13/h11-12,14-16H,3-10,13H2,1-2H3,(H,25,30)(H,26,31);6-8,17H,2-5H2,1H3,(H,16,20)(H,18,21);7-8H,2-6H2,1H3;5-6H,1-4H2;5-6H,1-4H2,(H,12,13). The number of piperidine rings is 2. The maximum atomic E-state index is 14.5. The number of aromatic nitrogens is 4. The molecule has 6 N–H and O–H groups in total. The molecule has 89 heavy (non-hydrogen) atoms. The minimum atomic E-state index is -4.15.